The fourth-order valence-corrected chi connectivity index (χ4v) is 3.29. The third kappa shape index (κ3) is 6.74. The van der Waals surface area contributed by atoms with Gasteiger partial charge >= 0.3 is 0 Å². The largest absolute Gasteiger partial charge is 0.493 e. The first kappa shape index (κ1) is 24.3. The van der Waals surface area contributed by atoms with Crippen LogP contribution in [-0.2, 0) is 16.1 Å². The minimum absolute atomic E-state index is 0.0433. The predicted octanol–water partition coefficient (Wildman–Crippen LogP) is 4.10. The molecule has 2 aromatic rings. The van der Waals surface area contributed by atoms with Crippen LogP contribution in [0.15, 0.2) is 48.5 Å². The standard InChI is InChI=1S/C25H34N2O4/c1-6-19(4)26-25(29)21(7-2)27(16-20-13-9-8-12-18(20)3)24(28)17-31-23-15-11-10-14-22(23)30-5/h8-15,19,21H,6-7,16-17H2,1-5H3,(H,26,29)/t19-,21-/m1/s1. The number of amides is 2. The first-order valence-corrected chi connectivity index (χ1v) is 10.8. The van der Waals surface area contributed by atoms with Crippen molar-refractivity contribution in [2.45, 2.75) is 59.2 Å². The molecule has 1 N–H and O–H groups in total. The molecule has 0 aliphatic carbocycles. The summed E-state index contributed by atoms with van der Waals surface area (Å²) in [4.78, 5) is 27.9. The number of hydrogen-bond donors (Lipinski definition) is 1. The maximum atomic E-state index is 13.3. The maximum absolute atomic E-state index is 13.3. The van der Waals surface area contributed by atoms with Crippen molar-refractivity contribution < 1.29 is 19.1 Å². The second kappa shape index (κ2) is 12.0. The van der Waals surface area contributed by atoms with Gasteiger partial charge < -0.3 is 19.7 Å². The highest BCUT2D eigenvalue weighted by atomic mass is 16.5. The van der Waals surface area contributed by atoms with Crippen molar-refractivity contribution in [3.05, 3.63) is 59.7 Å². The lowest BCUT2D eigenvalue weighted by Gasteiger charge is -2.31. The van der Waals surface area contributed by atoms with Crippen LogP contribution in [0.25, 0.3) is 0 Å². The lowest BCUT2D eigenvalue weighted by atomic mass is 10.1. The van der Waals surface area contributed by atoms with E-state index in [-0.39, 0.29) is 24.5 Å². The zero-order valence-corrected chi connectivity index (χ0v) is 19.2. The molecule has 2 aromatic carbocycles. The number of rotatable bonds is 11. The van der Waals surface area contributed by atoms with Crippen molar-refractivity contribution in [3.8, 4) is 11.5 Å². The Morgan fingerprint density at radius 1 is 1.00 bits per heavy atom. The Labute approximate surface area is 185 Å². The molecule has 0 fully saturated rings. The summed E-state index contributed by atoms with van der Waals surface area (Å²) in [6.07, 6.45) is 1.33. The first-order valence-electron chi connectivity index (χ1n) is 10.8. The van der Waals surface area contributed by atoms with Crippen LogP contribution in [0.5, 0.6) is 11.5 Å². The van der Waals surface area contributed by atoms with E-state index in [0.29, 0.717) is 24.5 Å². The zero-order valence-electron chi connectivity index (χ0n) is 19.2. The van der Waals surface area contributed by atoms with Crippen molar-refractivity contribution in [1.82, 2.24) is 10.2 Å². The summed E-state index contributed by atoms with van der Waals surface area (Å²) in [6, 6.07) is 14.5. The number of methoxy groups -OCH3 is 1. The molecular weight excluding hydrogens is 392 g/mol. The molecular formula is C25H34N2O4. The number of aryl methyl sites for hydroxylation is 1. The molecule has 2 amide bonds. The van der Waals surface area contributed by atoms with Gasteiger partial charge in [-0.15, -0.1) is 0 Å². The second-order valence-corrected chi connectivity index (χ2v) is 7.63. The molecule has 6 nitrogen and oxygen atoms in total. The first-order chi connectivity index (χ1) is 14.9. The van der Waals surface area contributed by atoms with Gasteiger partial charge in [-0.2, -0.15) is 0 Å². The van der Waals surface area contributed by atoms with E-state index < -0.39 is 6.04 Å². The quantitative estimate of drug-likeness (QED) is 0.587. The molecule has 0 aromatic heterocycles. The Hall–Kier alpha value is -3.02. The second-order valence-electron chi connectivity index (χ2n) is 7.63. The molecule has 0 aliphatic heterocycles. The summed E-state index contributed by atoms with van der Waals surface area (Å²) in [5.41, 5.74) is 2.08. The molecule has 6 heteroatoms. The average molecular weight is 427 g/mol. The maximum Gasteiger partial charge on any atom is 0.261 e. The number of hydrogen-bond acceptors (Lipinski definition) is 4. The monoisotopic (exact) mass is 426 g/mol. The highest BCUT2D eigenvalue weighted by Gasteiger charge is 2.30. The van der Waals surface area contributed by atoms with Crippen LogP contribution in [0.1, 0.15) is 44.7 Å². The van der Waals surface area contributed by atoms with Gasteiger partial charge in [-0.1, -0.05) is 50.2 Å². The Balaban J connectivity index is 2.25. The zero-order chi connectivity index (χ0) is 22.8. The van der Waals surface area contributed by atoms with E-state index in [1.54, 1.807) is 24.1 Å². The van der Waals surface area contributed by atoms with Crippen LogP contribution in [0.2, 0.25) is 0 Å². The topological polar surface area (TPSA) is 67.9 Å². The Morgan fingerprint density at radius 3 is 2.26 bits per heavy atom. The Bertz CT molecular complexity index is 868. The van der Waals surface area contributed by atoms with Crippen LogP contribution in [-0.4, -0.2) is 42.5 Å². The molecule has 0 saturated carbocycles. The summed E-state index contributed by atoms with van der Waals surface area (Å²) < 4.78 is 11.1. The van der Waals surface area contributed by atoms with Crippen molar-refractivity contribution in [3.63, 3.8) is 0 Å². The van der Waals surface area contributed by atoms with Crippen molar-refractivity contribution >= 4 is 11.8 Å². The van der Waals surface area contributed by atoms with Gasteiger partial charge in [-0.25, -0.2) is 0 Å². The molecule has 0 aliphatic rings. The van der Waals surface area contributed by atoms with Crippen molar-refractivity contribution in [2.75, 3.05) is 13.7 Å². The van der Waals surface area contributed by atoms with Crippen LogP contribution < -0.4 is 14.8 Å². The summed E-state index contributed by atoms with van der Waals surface area (Å²) in [7, 11) is 1.56. The van der Waals surface area contributed by atoms with E-state index >= 15 is 0 Å². The average Bonchev–Trinajstić information content (AvgIpc) is 2.78. The smallest absolute Gasteiger partial charge is 0.261 e. The van der Waals surface area contributed by atoms with Crippen molar-refractivity contribution in [1.29, 1.82) is 0 Å². The van der Waals surface area contributed by atoms with E-state index in [4.69, 9.17) is 9.47 Å². The van der Waals surface area contributed by atoms with Gasteiger partial charge in [0.15, 0.2) is 18.1 Å². The van der Waals surface area contributed by atoms with Crippen molar-refractivity contribution in [2.24, 2.45) is 0 Å². The van der Waals surface area contributed by atoms with Gasteiger partial charge in [0, 0.05) is 12.6 Å². The normalized spacial score (nSPS) is 12.5. The molecule has 0 heterocycles. The van der Waals surface area contributed by atoms with Crippen LogP contribution in [0.4, 0.5) is 0 Å². The van der Waals surface area contributed by atoms with E-state index in [2.05, 4.69) is 5.32 Å². The SMILES string of the molecule is CC[C@@H](C)NC(=O)[C@@H](CC)N(Cc1ccccc1C)C(=O)COc1ccccc1OC. The van der Waals surface area contributed by atoms with Crippen LogP contribution >= 0.6 is 0 Å². The highest BCUT2D eigenvalue weighted by molar-refractivity contribution is 5.88. The predicted molar refractivity (Wildman–Crippen MR) is 122 cm³/mol. The van der Waals surface area contributed by atoms with E-state index in [9.17, 15) is 9.59 Å². The minimum Gasteiger partial charge on any atom is -0.493 e. The minimum atomic E-state index is -0.581. The van der Waals surface area contributed by atoms with Crippen LogP contribution in [0, 0.1) is 6.92 Å². The fraction of sp³-hybridized carbons (Fsp3) is 0.440. The number of benzene rings is 2. The number of nitrogens with zero attached hydrogens (tertiary/aromatic N) is 1. The van der Waals surface area contributed by atoms with E-state index in [0.717, 1.165) is 17.5 Å². The van der Waals surface area contributed by atoms with Gasteiger partial charge in [-0.3, -0.25) is 9.59 Å². The number of carbonyl (C=O) groups excluding carboxylic acids is 2. The summed E-state index contributed by atoms with van der Waals surface area (Å²) >= 11 is 0. The van der Waals surface area contributed by atoms with Gasteiger partial charge in [-0.05, 0) is 49.9 Å². The fourth-order valence-electron chi connectivity index (χ4n) is 3.29. The molecule has 0 spiro atoms. The molecule has 2 atom stereocenters. The molecule has 0 radical (unpaired) electrons. The number of nitrogens with one attached hydrogen (secondary N) is 1. The molecule has 0 bridgehead atoms. The van der Waals surface area contributed by atoms with Gasteiger partial charge in [0.25, 0.3) is 5.91 Å². The third-order valence-electron chi connectivity index (χ3n) is 5.41. The summed E-state index contributed by atoms with van der Waals surface area (Å²) in [6.45, 7) is 8.06. The van der Waals surface area contributed by atoms with Gasteiger partial charge in [0.1, 0.15) is 6.04 Å². The Kier molecular flexibility index (Phi) is 9.38. The molecule has 2 rings (SSSR count). The number of carbonyl (C=O) groups is 2. The lowest BCUT2D eigenvalue weighted by Crippen LogP contribution is -2.51. The number of ether oxygens (including phenoxy) is 2. The summed E-state index contributed by atoms with van der Waals surface area (Å²) in [5.74, 6) is 0.657. The summed E-state index contributed by atoms with van der Waals surface area (Å²) in [5, 5.41) is 3.01. The van der Waals surface area contributed by atoms with Crippen LogP contribution in [0.3, 0.4) is 0 Å². The lowest BCUT2D eigenvalue weighted by molar-refractivity contribution is -0.143. The van der Waals surface area contributed by atoms with E-state index in [1.165, 1.54) is 0 Å². The van der Waals surface area contributed by atoms with E-state index in [1.807, 2.05) is 64.1 Å². The third-order valence-corrected chi connectivity index (χ3v) is 5.41. The number of para-hydroxylation sites is 2. The Morgan fingerprint density at radius 2 is 1.65 bits per heavy atom. The molecule has 31 heavy (non-hydrogen) atoms. The molecule has 168 valence electrons. The highest BCUT2D eigenvalue weighted by Crippen LogP contribution is 2.26. The molecule has 0 unspecified atom stereocenters. The molecule has 0 saturated heterocycles. The van der Waals surface area contributed by atoms with Gasteiger partial charge in [0.2, 0.25) is 5.91 Å². The van der Waals surface area contributed by atoms with Gasteiger partial charge in [0.05, 0.1) is 7.11 Å².